The van der Waals surface area contributed by atoms with E-state index in [0.717, 1.165) is 20.5 Å². The van der Waals surface area contributed by atoms with Crippen molar-refractivity contribution >= 4 is 37.4 Å². The van der Waals surface area contributed by atoms with E-state index >= 15 is 0 Å². The third-order valence-electron chi connectivity index (χ3n) is 2.59. The standard InChI is InChI=1S/C12H10ClN3S/c13-17-11-5-7(14)1-3-9(11)16-10-4-2-8(15)6-12(10)17/h1-6H,14-15H2. The molecule has 3 rings (SSSR count). The molecule has 4 N–H and O–H groups in total. The lowest BCUT2D eigenvalue weighted by atomic mass is 10.2. The molecule has 86 valence electrons. The summed E-state index contributed by atoms with van der Waals surface area (Å²) < 4.78 is 0.963. The van der Waals surface area contributed by atoms with Gasteiger partial charge >= 0.3 is 0 Å². The molecule has 0 saturated heterocycles. The second kappa shape index (κ2) is 3.75. The van der Waals surface area contributed by atoms with Gasteiger partial charge in [-0.25, -0.2) is 4.99 Å². The molecule has 0 aliphatic carbocycles. The summed E-state index contributed by atoms with van der Waals surface area (Å²) in [5.41, 5.74) is 13.8. The summed E-state index contributed by atoms with van der Waals surface area (Å²) in [4.78, 5) is 5.52. The van der Waals surface area contributed by atoms with Gasteiger partial charge in [0.15, 0.2) is 0 Å². The largest absolute Gasteiger partial charge is 0.399 e. The van der Waals surface area contributed by atoms with Crippen molar-refractivity contribution in [1.29, 1.82) is 0 Å². The average Bonchev–Trinajstić information content (AvgIpc) is 2.32. The number of fused-ring (bicyclic) bond motifs is 2. The van der Waals surface area contributed by atoms with E-state index in [1.54, 1.807) is 0 Å². The van der Waals surface area contributed by atoms with Crippen molar-refractivity contribution in [2.45, 2.75) is 4.90 Å². The van der Waals surface area contributed by atoms with Crippen LogP contribution in [0.4, 0.5) is 17.1 Å². The van der Waals surface area contributed by atoms with E-state index < -0.39 is 9.70 Å². The van der Waals surface area contributed by atoms with E-state index in [1.165, 1.54) is 0 Å². The Morgan fingerprint density at radius 2 is 1.71 bits per heavy atom. The lowest BCUT2D eigenvalue weighted by Gasteiger charge is -2.11. The lowest BCUT2D eigenvalue weighted by Crippen LogP contribution is -2.06. The number of nitrogens with zero attached hydrogens (tertiary/aromatic N) is 1. The first-order chi connectivity index (χ1) is 8.15. The SMILES string of the molecule is Nc1ccc2c(c1)S(Cl)=c1cc(N)ccc1=N2. The minimum absolute atomic E-state index is 0.542. The monoisotopic (exact) mass is 263 g/mol. The molecule has 1 atom stereocenters. The van der Waals surface area contributed by atoms with E-state index in [-0.39, 0.29) is 0 Å². The van der Waals surface area contributed by atoms with Gasteiger partial charge in [-0.15, -0.1) is 0 Å². The number of rotatable bonds is 0. The summed E-state index contributed by atoms with van der Waals surface area (Å²) in [5, 5.41) is 0.884. The van der Waals surface area contributed by atoms with Gasteiger partial charge in [0, 0.05) is 20.8 Å². The smallest absolute Gasteiger partial charge is 0.0781 e. The third-order valence-corrected chi connectivity index (χ3v) is 5.02. The van der Waals surface area contributed by atoms with Crippen molar-refractivity contribution in [2.24, 2.45) is 4.99 Å². The van der Waals surface area contributed by atoms with Crippen molar-refractivity contribution in [3.63, 3.8) is 0 Å². The molecule has 17 heavy (non-hydrogen) atoms. The molecular weight excluding hydrogens is 254 g/mol. The van der Waals surface area contributed by atoms with E-state index in [0.29, 0.717) is 11.4 Å². The zero-order chi connectivity index (χ0) is 12.0. The Morgan fingerprint density at radius 3 is 2.53 bits per heavy atom. The van der Waals surface area contributed by atoms with Crippen LogP contribution >= 0.6 is 20.4 Å². The first kappa shape index (κ1) is 10.6. The van der Waals surface area contributed by atoms with Gasteiger partial charge in [0.05, 0.1) is 11.0 Å². The third kappa shape index (κ3) is 1.69. The van der Waals surface area contributed by atoms with Crippen LogP contribution in [0.15, 0.2) is 46.3 Å². The Morgan fingerprint density at radius 1 is 1.00 bits per heavy atom. The summed E-state index contributed by atoms with van der Waals surface area (Å²) in [6.45, 7) is 0. The molecule has 0 amide bonds. The van der Waals surface area contributed by atoms with Crippen LogP contribution in [0.25, 0.3) is 0 Å². The maximum atomic E-state index is 6.48. The first-order valence-corrected chi connectivity index (χ1v) is 7.11. The summed E-state index contributed by atoms with van der Waals surface area (Å²) in [6, 6.07) is 11.2. The minimum atomic E-state index is -0.542. The van der Waals surface area contributed by atoms with Crippen LogP contribution in [0.5, 0.6) is 0 Å². The Hall–Kier alpha value is -1.52. The number of nitrogens with two attached hydrogens (primary N) is 2. The minimum Gasteiger partial charge on any atom is -0.399 e. The molecule has 0 radical (unpaired) electrons. The van der Waals surface area contributed by atoms with Crippen LogP contribution in [-0.2, 0) is 0 Å². The van der Waals surface area contributed by atoms with Crippen molar-refractivity contribution in [1.82, 2.24) is 0 Å². The maximum Gasteiger partial charge on any atom is 0.0781 e. The highest BCUT2D eigenvalue weighted by Crippen LogP contribution is 2.43. The highest BCUT2D eigenvalue weighted by molar-refractivity contribution is 8.29. The molecule has 0 bridgehead atoms. The van der Waals surface area contributed by atoms with E-state index in [9.17, 15) is 0 Å². The van der Waals surface area contributed by atoms with Gasteiger partial charge < -0.3 is 11.5 Å². The number of anilines is 2. The van der Waals surface area contributed by atoms with Crippen LogP contribution < -0.4 is 16.8 Å². The number of hydrogen-bond donors (Lipinski definition) is 2. The molecule has 1 unspecified atom stereocenters. The zero-order valence-corrected chi connectivity index (χ0v) is 10.4. The van der Waals surface area contributed by atoms with Gasteiger partial charge in [0.1, 0.15) is 0 Å². The van der Waals surface area contributed by atoms with E-state index in [1.807, 2.05) is 36.4 Å². The molecule has 3 nitrogen and oxygen atoms in total. The van der Waals surface area contributed by atoms with Crippen molar-refractivity contribution in [3.8, 4) is 0 Å². The van der Waals surface area contributed by atoms with E-state index in [2.05, 4.69) is 4.99 Å². The van der Waals surface area contributed by atoms with Crippen molar-refractivity contribution < 1.29 is 0 Å². The zero-order valence-electron chi connectivity index (χ0n) is 8.85. The Balaban J connectivity index is 2.44. The Bertz CT molecular complexity index is 740. The second-order valence-electron chi connectivity index (χ2n) is 3.82. The molecule has 1 aliphatic rings. The Labute approximate surface area is 105 Å². The molecule has 0 aromatic heterocycles. The van der Waals surface area contributed by atoms with Gasteiger partial charge in [-0.1, -0.05) is 9.70 Å². The highest BCUT2D eigenvalue weighted by atomic mass is 35.7. The van der Waals surface area contributed by atoms with Crippen molar-refractivity contribution in [3.05, 3.63) is 46.3 Å². The highest BCUT2D eigenvalue weighted by Gasteiger charge is 2.11. The predicted octanol–water partition coefficient (Wildman–Crippen LogP) is 2.85. The van der Waals surface area contributed by atoms with Crippen LogP contribution in [0.3, 0.4) is 0 Å². The van der Waals surface area contributed by atoms with Crippen LogP contribution in [0.1, 0.15) is 0 Å². The quantitative estimate of drug-likeness (QED) is 0.567. The first-order valence-electron chi connectivity index (χ1n) is 5.06. The summed E-state index contributed by atoms with van der Waals surface area (Å²) >= 11 is 0. The molecule has 2 aromatic rings. The molecule has 1 aliphatic heterocycles. The average molecular weight is 264 g/mol. The van der Waals surface area contributed by atoms with Gasteiger partial charge in [0.2, 0.25) is 0 Å². The number of halogens is 1. The topological polar surface area (TPSA) is 64.4 Å². The summed E-state index contributed by atoms with van der Waals surface area (Å²) in [7, 11) is 5.94. The molecule has 0 fully saturated rings. The Kier molecular flexibility index (Phi) is 2.34. The summed E-state index contributed by atoms with van der Waals surface area (Å²) in [6.07, 6.45) is 0. The molecule has 5 heteroatoms. The van der Waals surface area contributed by atoms with Gasteiger partial charge in [-0.2, -0.15) is 0 Å². The fourth-order valence-electron chi connectivity index (χ4n) is 1.78. The number of benzene rings is 2. The van der Waals surface area contributed by atoms with Gasteiger partial charge in [-0.3, -0.25) is 0 Å². The molecule has 2 aromatic carbocycles. The van der Waals surface area contributed by atoms with Crippen molar-refractivity contribution in [2.75, 3.05) is 11.5 Å². The van der Waals surface area contributed by atoms with Crippen LogP contribution in [-0.4, -0.2) is 0 Å². The normalized spacial score (nSPS) is 16.9. The van der Waals surface area contributed by atoms with Gasteiger partial charge in [-0.05, 0) is 47.1 Å². The maximum absolute atomic E-state index is 6.48. The van der Waals surface area contributed by atoms with Crippen LogP contribution in [0.2, 0.25) is 0 Å². The fourth-order valence-corrected chi connectivity index (χ4v) is 3.83. The molecular formula is C12H10ClN3S. The van der Waals surface area contributed by atoms with Crippen LogP contribution in [0, 0.1) is 4.51 Å². The fraction of sp³-hybridized carbons (Fsp3) is 0. The van der Waals surface area contributed by atoms with E-state index in [4.69, 9.17) is 22.1 Å². The lowest BCUT2D eigenvalue weighted by molar-refractivity contribution is 1.25. The molecule has 1 heterocycles. The second-order valence-corrected chi connectivity index (χ2v) is 6.14. The number of nitrogen functional groups attached to an aromatic ring is 2. The molecule has 0 spiro atoms. The van der Waals surface area contributed by atoms with Gasteiger partial charge in [0.25, 0.3) is 0 Å². The number of hydrogen-bond acceptors (Lipinski definition) is 3. The predicted molar refractivity (Wildman–Crippen MR) is 73.1 cm³/mol. The molecule has 0 saturated carbocycles. The summed E-state index contributed by atoms with van der Waals surface area (Å²) in [5.74, 6) is 0.